The first-order valence-corrected chi connectivity index (χ1v) is 4.52. The molecule has 15 heavy (non-hydrogen) atoms. The molecule has 0 saturated carbocycles. The number of nitrogen functional groups attached to an aromatic ring is 1. The summed E-state index contributed by atoms with van der Waals surface area (Å²) in [4.78, 5) is 8.18. The molecule has 0 bridgehead atoms. The van der Waals surface area contributed by atoms with E-state index in [4.69, 9.17) is 10.5 Å². The maximum atomic E-state index is 5.57. The highest BCUT2D eigenvalue weighted by molar-refractivity contribution is 5.67. The molecule has 4 heteroatoms. The minimum absolute atomic E-state index is 0.401. The molecule has 1 heterocycles. The van der Waals surface area contributed by atoms with Crippen LogP contribution in [0, 0.1) is 0 Å². The number of methoxy groups -OCH3 is 1. The van der Waals surface area contributed by atoms with Crippen LogP contribution in [-0.2, 0) is 0 Å². The Balaban J connectivity index is 2.53. The van der Waals surface area contributed by atoms with E-state index in [0.29, 0.717) is 11.5 Å². The fraction of sp³-hybridized carbons (Fsp3) is 0.0909. The summed E-state index contributed by atoms with van der Waals surface area (Å²) in [5, 5.41) is 0. The predicted molar refractivity (Wildman–Crippen MR) is 58.4 cm³/mol. The van der Waals surface area contributed by atoms with Gasteiger partial charge >= 0.3 is 0 Å². The van der Waals surface area contributed by atoms with Gasteiger partial charge in [0.1, 0.15) is 11.6 Å². The molecule has 0 saturated heterocycles. The minimum Gasteiger partial charge on any atom is -0.496 e. The molecular weight excluding hydrogens is 190 g/mol. The second-order valence-corrected chi connectivity index (χ2v) is 3.03. The number of nitrogens with zero attached hydrogens (tertiary/aromatic N) is 2. The third kappa shape index (κ3) is 1.88. The van der Waals surface area contributed by atoms with Crippen molar-refractivity contribution in [2.24, 2.45) is 0 Å². The van der Waals surface area contributed by atoms with Crippen molar-refractivity contribution in [3.05, 3.63) is 36.7 Å². The number of hydrogen-bond acceptors (Lipinski definition) is 4. The molecule has 0 radical (unpaired) electrons. The lowest BCUT2D eigenvalue weighted by Crippen LogP contribution is -1.95. The van der Waals surface area contributed by atoms with Crippen LogP contribution in [0.3, 0.4) is 0 Å². The van der Waals surface area contributed by atoms with Gasteiger partial charge in [-0.25, -0.2) is 4.98 Å². The van der Waals surface area contributed by atoms with Crippen LogP contribution in [0.5, 0.6) is 5.75 Å². The number of rotatable bonds is 2. The molecule has 1 aromatic carbocycles. The Morgan fingerprint density at radius 1 is 1.20 bits per heavy atom. The summed E-state index contributed by atoms with van der Waals surface area (Å²) in [6.45, 7) is 0. The first kappa shape index (κ1) is 9.45. The SMILES string of the molecule is COc1ccccc1-c1cncc(N)n1. The quantitative estimate of drug-likeness (QED) is 0.803. The van der Waals surface area contributed by atoms with Gasteiger partial charge in [-0.2, -0.15) is 0 Å². The van der Waals surface area contributed by atoms with E-state index in [1.807, 2.05) is 24.3 Å². The van der Waals surface area contributed by atoms with Crippen LogP contribution < -0.4 is 10.5 Å². The summed E-state index contributed by atoms with van der Waals surface area (Å²) in [6, 6.07) is 7.62. The lowest BCUT2D eigenvalue weighted by molar-refractivity contribution is 0.416. The van der Waals surface area contributed by atoms with E-state index in [-0.39, 0.29) is 0 Å². The Morgan fingerprint density at radius 2 is 2.00 bits per heavy atom. The average Bonchev–Trinajstić information content (AvgIpc) is 2.29. The van der Waals surface area contributed by atoms with E-state index >= 15 is 0 Å². The lowest BCUT2D eigenvalue weighted by Gasteiger charge is -2.06. The standard InChI is InChI=1S/C11H11N3O/c1-15-10-5-3-2-4-8(10)9-6-13-7-11(12)14-9/h2-7H,1H3,(H2,12,14). The summed E-state index contributed by atoms with van der Waals surface area (Å²) < 4.78 is 5.23. The topological polar surface area (TPSA) is 61.0 Å². The molecule has 0 atom stereocenters. The van der Waals surface area contributed by atoms with Gasteiger partial charge in [0.15, 0.2) is 0 Å². The van der Waals surface area contributed by atoms with Crippen molar-refractivity contribution in [3.63, 3.8) is 0 Å². The molecule has 0 aliphatic rings. The number of hydrogen-bond donors (Lipinski definition) is 1. The van der Waals surface area contributed by atoms with Gasteiger partial charge < -0.3 is 10.5 Å². The molecule has 1 aromatic heterocycles. The minimum atomic E-state index is 0.401. The number of para-hydroxylation sites is 1. The summed E-state index contributed by atoms with van der Waals surface area (Å²) in [7, 11) is 1.62. The summed E-state index contributed by atoms with van der Waals surface area (Å²) in [6.07, 6.45) is 3.17. The van der Waals surface area contributed by atoms with E-state index in [9.17, 15) is 0 Å². The monoisotopic (exact) mass is 201 g/mol. The molecule has 4 nitrogen and oxygen atoms in total. The maximum absolute atomic E-state index is 5.57. The Labute approximate surface area is 87.7 Å². The van der Waals surface area contributed by atoms with Crippen molar-refractivity contribution in [2.75, 3.05) is 12.8 Å². The van der Waals surface area contributed by atoms with Gasteiger partial charge in [-0.1, -0.05) is 12.1 Å². The van der Waals surface area contributed by atoms with Crippen LogP contribution in [-0.4, -0.2) is 17.1 Å². The van der Waals surface area contributed by atoms with Crippen LogP contribution in [0.25, 0.3) is 11.3 Å². The van der Waals surface area contributed by atoms with Crippen LogP contribution in [0.4, 0.5) is 5.82 Å². The van der Waals surface area contributed by atoms with E-state index in [2.05, 4.69) is 9.97 Å². The number of benzene rings is 1. The van der Waals surface area contributed by atoms with E-state index in [1.165, 1.54) is 6.20 Å². The molecule has 0 amide bonds. The summed E-state index contributed by atoms with van der Waals surface area (Å²) >= 11 is 0. The third-order valence-corrected chi connectivity index (χ3v) is 2.04. The fourth-order valence-corrected chi connectivity index (χ4v) is 1.37. The van der Waals surface area contributed by atoms with Gasteiger partial charge in [-0.15, -0.1) is 0 Å². The van der Waals surface area contributed by atoms with Gasteiger partial charge in [0.05, 0.1) is 25.2 Å². The van der Waals surface area contributed by atoms with Gasteiger partial charge in [-0.3, -0.25) is 4.98 Å². The van der Waals surface area contributed by atoms with Crippen molar-refractivity contribution in [1.29, 1.82) is 0 Å². The van der Waals surface area contributed by atoms with Gasteiger partial charge in [0.25, 0.3) is 0 Å². The lowest BCUT2D eigenvalue weighted by atomic mass is 10.1. The van der Waals surface area contributed by atoms with Crippen molar-refractivity contribution in [1.82, 2.24) is 9.97 Å². The molecule has 0 unspecified atom stereocenters. The molecular formula is C11H11N3O. The number of ether oxygens (including phenoxy) is 1. The Bertz CT molecular complexity index is 471. The molecule has 0 spiro atoms. The predicted octanol–water partition coefficient (Wildman–Crippen LogP) is 1.73. The second-order valence-electron chi connectivity index (χ2n) is 3.03. The molecule has 0 fully saturated rings. The molecule has 2 rings (SSSR count). The molecule has 2 aromatic rings. The fourth-order valence-electron chi connectivity index (χ4n) is 1.37. The second kappa shape index (κ2) is 3.96. The van der Waals surface area contributed by atoms with E-state index < -0.39 is 0 Å². The summed E-state index contributed by atoms with van der Waals surface area (Å²) in [5.41, 5.74) is 7.18. The third-order valence-electron chi connectivity index (χ3n) is 2.04. The molecule has 76 valence electrons. The van der Waals surface area contributed by atoms with Gasteiger partial charge in [-0.05, 0) is 12.1 Å². The molecule has 2 N–H and O–H groups in total. The average molecular weight is 201 g/mol. The van der Waals surface area contributed by atoms with Crippen LogP contribution in [0.2, 0.25) is 0 Å². The molecule has 0 aliphatic heterocycles. The van der Waals surface area contributed by atoms with E-state index in [1.54, 1.807) is 13.3 Å². The molecule has 0 aliphatic carbocycles. The highest BCUT2D eigenvalue weighted by atomic mass is 16.5. The Morgan fingerprint density at radius 3 is 2.73 bits per heavy atom. The maximum Gasteiger partial charge on any atom is 0.142 e. The van der Waals surface area contributed by atoms with Crippen molar-refractivity contribution in [2.45, 2.75) is 0 Å². The highest BCUT2D eigenvalue weighted by Crippen LogP contribution is 2.27. The zero-order valence-electron chi connectivity index (χ0n) is 8.34. The zero-order chi connectivity index (χ0) is 10.7. The van der Waals surface area contributed by atoms with Gasteiger partial charge in [0, 0.05) is 5.56 Å². The van der Waals surface area contributed by atoms with Crippen molar-refractivity contribution in [3.8, 4) is 17.0 Å². The Hall–Kier alpha value is -2.10. The smallest absolute Gasteiger partial charge is 0.142 e. The normalized spacial score (nSPS) is 9.93. The first-order chi connectivity index (χ1) is 7.31. The summed E-state index contributed by atoms with van der Waals surface area (Å²) in [5.74, 6) is 1.16. The number of nitrogens with two attached hydrogens (primary N) is 1. The Kier molecular flexibility index (Phi) is 2.49. The van der Waals surface area contributed by atoms with E-state index in [0.717, 1.165) is 11.3 Å². The number of anilines is 1. The first-order valence-electron chi connectivity index (χ1n) is 4.52. The van der Waals surface area contributed by atoms with Crippen LogP contribution >= 0.6 is 0 Å². The largest absolute Gasteiger partial charge is 0.496 e. The highest BCUT2D eigenvalue weighted by Gasteiger charge is 2.06. The zero-order valence-corrected chi connectivity index (χ0v) is 8.34. The van der Waals surface area contributed by atoms with Crippen LogP contribution in [0.15, 0.2) is 36.7 Å². The van der Waals surface area contributed by atoms with Crippen molar-refractivity contribution < 1.29 is 4.74 Å². The van der Waals surface area contributed by atoms with Crippen LogP contribution in [0.1, 0.15) is 0 Å². The van der Waals surface area contributed by atoms with Crippen molar-refractivity contribution >= 4 is 5.82 Å². The number of aromatic nitrogens is 2. The van der Waals surface area contributed by atoms with Gasteiger partial charge in [0.2, 0.25) is 0 Å².